The van der Waals surface area contributed by atoms with Crippen molar-refractivity contribution < 1.29 is 13.2 Å². The Hall–Kier alpha value is -1.07. The lowest BCUT2D eigenvalue weighted by Crippen LogP contribution is -2.45. The Labute approximate surface area is 176 Å². The van der Waals surface area contributed by atoms with Crippen molar-refractivity contribution in [3.05, 3.63) is 35.4 Å². The molecule has 0 saturated carbocycles. The monoisotopic (exact) mass is 499 g/mol. The Morgan fingerprint density at radius 2 is 1.93 bits per heavy atom. The second-order valence-electron chi connectivity index (χ2n) is 6.91. The molecular formula is C18H29F3IN5. The van der Waals surface area contributed by atoms with Crippen molar-refractivity contribution in [2.45, 2.75) is 31.7 Å². The zero-order chi connectivity index (χ0) is 19.2. The molecule has 0 radical (unpaired) electrons. The highest BCUT2D eigenvalue weighted by Crippen LogP contribution is 2.20. The summed E-state index contributed by atoms with van der Waals surface area (Å²) >= 11 is 0. The van der Waals surface area contributed by atoms with Gasteiger partial charge in [0.05, 0.1) is 6.54 Å². The van der Waals surface area contributed by atoms with Crippen LogP contribution in [0.15, 0.2) is 29.3 Å². The molecule has 1 aliphatic heterocycles. The van der Waals surface area contributed by atoms with E-state index in [2.05, 4.69) is 32.7 Å². The van der Waals surface area contributed by atoms with Crippen LogP contribution >= 0.6 is 24.0 Å². The third-order valence-electron chi connectivity index (χ3n) is 4.29. The second kappa shape index (κ2) is 11.1. The lowest BCUT2D eigenvalue weighted by atomic mass is 10.1. The highest BCUT2D eigenvalue weighted by molar-refractivity contribution is 14.0. The third-order valence-corrected chi connectivity index (χ3v) is 4.29. The lowest BCUT2D eigenvalue weighted by molar-refractivity contribution is -0.143. The first-order valence-electron chi connectivity index (χ1n) is 8.74. The summed E-state index contributed by atoms with van der Waals surface area (Å²) in [7, 11) is 5.72. The van der Waals surface area contributed by atoms with Gasteiger partial charge in [-0.25, -0.2) is 0 Å². The standard InChI is InChI=1S/C18H28F3N5.HI/c1-22-17(24-16-8-9-26(12-16)13-18(19,20)21)23-10-14-6-4-5-7-15(14)11-25(2)3;/h4-7,16H,8-13H2,1-3H3,(H2,22,23,24);1H. The van der Waals surface area contributed by atoms with Crippen LogP contribution in [-0.4, -0.2) is 68.8 Å². The molecular weight excluding hydrogens is 470 g/mol. The zero-order valence-electron chi connectivity index (χ0n) is 16.0. The number of rotatable bonds is 6. The summed E-state index contributed by atoms with van der Waals surface area (Å²) in [4.78, 5) is 7.74. The SMILES string of the molecule is CN=C(NCc1ccccc1CN(C)C)NC1CCN(CC(F)(F)F)C1.I. The Morgan fingerprint density at radius 3 is 2.52 bits per heavy atom. The first-order valence-corrected chi connectivity index (χ1v) is 8.74. The van der Waals surface area contributed by atoms with Gasteiger partial charge in [-0.3, -0.25) is 9.89 Å². The smallest absolute Gasteiger partial charge is 0.352 e. The summed E-state index contributed by atoms with van der Waals surface area (Å²) in [6.45, 7) is 1.42. The molecule has 0 aliphatic carbocycles. The number of nitrogens with one attached hydrogen (secondary N) is 2. The molecule has 0 amide bonds. The van der Waals surface area contributed by atoms with Crippen molar-refractivity contribution in [2.75, 3.05) is 40.8 Å². The van der Waals surface area contributed by atoms with Crippen molar-refractivity contribution in [3.8, 4) is 0 Å². The van der Waals surface area contributed by atoms with E-state index in [0.717, 1.165) is 6.54 Å². The number of likely N-dealkylation sites (tertiary alicyclic amines) is 1. The number of hydrogen-bond acceptors (Lipinski definition) is 3. The van der Waals surface area contributed by atoms with E-state index < -0.39 is 12.7 Å². The van der Waals surface area contributed by atoms with Gasteiger partial charge in [0.15, 0.2) is 5.96 Å². The van der Waals surface area contributed by atoms with Crippen molar-refractivity contribution in [3.63, 3.8) is 0 Å². The van der Waals surface area contributed by atoms with E-state index in [0.29, 0.717) is 32.0 Å². The first kappa shape index (κ1) is 24.0. The first-order chi connectivity index (χ1) is 12.3. The molecule has 1 atom stereocenters. The molecule has 2 N–H and O–H groups in total. The Balaban J connectivity index is 0.00000364. The Bertz CT molecular complexity index is 607. The molecule has 1 aromatic carbocycles. The van der Waals surface area contributed by atoms with Crippen LogP contribution < -0.4 is 10.6 Å². The maximum Gasteiger partial charge on any atom is 0.401 e. The van der Waals surface area contributed by atoms with Crippen molar-refractivity contribution in [2.24, 2.45) is 4.99 Å². The molecule has 1 aliphatic rings. The molecule has 0 spiro atoms. The highest BCUT2D eigenvalue weighted by Gasteiger charge is 2.34. The van der Waals surface area contributed by atoms with Gasteiger partial charge in [-0.05, 0) is 31.6 Å². The number of benzene rings is 1. The topological polar surface area (TPSA) is 42.9 Å². The fourth-order valence-corrected chi connectivity index (χ4v) is 3.14. The van der Waals surface area contributed by atoms with E-state index in [4.69, 9.17) is 0 Å². The van der Waals surface area contributed by atoms with Crippen molar-refractivity contribution >= 4 is 29.9 Å². The van der Waals surface area contributed by atoms with E-state index in [1.54, 1.807) is 7.05 Å². The minimum Gasteiger partial charge on any atom is -0.352 e. The fourth-order valence-electron chi connectivity index (χ4n) is 3.14. The van der Waals surface area contributed by atoms with Crippen LogP contribution in [0.4, 0.5) is 13.2 Å². The maximum atomic E-state index is 12.5. The number of alkyl halides is 3. The van der Waals surface area contributed by atoms with Crippen LogP contribution in [-0.2, 0) is 13.1 Å². The summed E-state index contributed by atoms with van der Waals surface area (Å²) in [5.41, 5.74) is 2.41. The molecule has 154 valence electrons. The van der Waals surface area contributed by atoms with Crippen molar-refractivity contribution in [1.29, 1.82) is 0 Å². The number of aliphatic imine (C=N–C) groups is 1. The fraction of sp³-hybridized carbons (Fsp3) is 0.611. The second-order valence-corrected chi connectivity index (χ2v) is 6.91. The largest absolute Gasteiger partial charge is 0.401 e. The zero-order valence-corrected chi connectivity index (χ0v) is 18.3. The molecule has 1 fully saturated rings. The highest BCUT2D eigenvalue weighted by atomic mass is 127. The molecule has 1 unspecified atom stereocenters. The summed E-state index contributed by atoms with van der Waals surface area (Å²) in [5.74, 6) is 0.614. The van der Waals surface area contributed by atoms with Crippen LogP contribution in [0, 0.1) is 0 Å². The predicted molar refractivity (Wildman–Crippen MR) is 113 cm³/mol. The van der Waals surface area contributed by atoms with Gasteiger partial charge in [-0.15, -0.1) is 24.0 Å². The lowest BCUT2D eigenvalue weighted by Gasteiger charge is -2.20. The van der Waals surface area contributed by atoms with Gasteiger partial charge in [0.25, 0.3) is 0 Å². The van der Waals surface area contributed by atoms with Gasteiger partial charge >= 0.3 is 6.18 Å². The third kappa shape index (κ3) is 8.65. The van der Waals surface area contributed by atoms with E-state index in [1.165, 1.54) is 16.0 Å². The summed E-state index contributed by atoms with van der Waals surface area (Å²) < 4.78 is 37.5. The van der Waals surface area contributed by atoms with Crippen molar-refractivity contribution in [1.82, 2.24) is 20.4 Å². The van der Waals surface area contributed by atoms with Crippen LogP contribution in [0.3, 0.4) is 0 Å². The van der Waals surface area contributed by atoms with Gasteiger partial charge < -0.3 is 15.5 Å². The van der Waals surface area contributed by atoms with Crippen LogP contribution in [0.2, 0.25) is 0 Å². The molecule has 9 heteroatoms. The van der Waals surface area contributed by atoms with Gasteiger partial charge in [0, 0.05) is 39.3 Å². The molecule has 5 nitrogen and oxygen atoms in total. The molecule has 1 heterocycles. The molecule has 1 saturated heterocycles. The van der Waals surface area contributed by atoms with Crippen LogP contribution in [0.5, 0.6) is 0 Å². The summed E-state index contributed by atoms with van der Waals surface area (Å²) in [5, 5.41) is 6.50. The number of guanidine groups is 1. The average molecular weight is 499 g/mol. The van der Waals surface area contributed by atoms with Gasteiger partial charge in [0.2, 0.25) is 0 Å². The van der Waals surface area contributed by atoms with Gasteiger partial charge in [-0.2, -0.15) is 13.2 Å². The predicted octanol–water partition coefficient (Wildman–Crippen LogP) is 2.67. The van der Waals surface area contributed by atoms with E-state index in [-0.39, 0.29) is 30.0 Å². The van der Waals surface area contributed by atoms with E-state index in [1.807, 2.05) is 26.2 Å². The minimum atomic E-state index is -4.15. The minimum absolute atomic E-state index is 0. The Kier molecular flexibility index (Phi) is 9.82. The molecule has 2 rings (SSSR count). The molecule has 0 aromatic heterocycles. The Morgan fingerprint density at radius 1 is 1.26 bits per heavy atom. The van der Waals surface area contributed by atoms with Gasteiger partial charge in [-0.1, -0.05) is 24.3 Å². The maximum absolute atomic E-state index is 12.5. The van der Waals surface area contributed by atoms with E-state index in [9.17, 15) is 13.2 Å². The molecule has 1 aromatic rings. The summed E-state index contributed by atoms with van der Waals surface area (Å²) in [6.07, 6.45) is -3.47. The average Bonchev–Trinajstić information content (AvgIpc) is 2.97. The quantitative estimate of drug-likeness (QED) is 0.359. The summed E-state index contributed by atoms with van der Waals surface area (Å²) in [6, 6.07) is 8.15. The molecule has 0 bridgehead atoms. The number of nitrogens with zero attached hydrogens (tertiary/aromatic N) is 3. The van der Waals surface area contributed by atoms with Crippen LogP contribution in [0.1, 0.15) is 17.5 Å². The normalized spacial score (nSPS) is 18.5. The van der Waals surface area contributed by atoms with Crippen LogP contribution in [0.25, 0.3) is 0 Å². The van der Waals surface area contributed by atoms with Gasteiger partial charge in [0.1, 0.15) is 0 Å². The number of halogens is 4. The van der Waals surface area contributed by atoms with E-state index >= 15 is 0 Å². The molecule has 27 heavy (non-hydrogen) atoms. The number of hydrogen-bond donors (Lipinski definition) is 2.